The fourth-order valence-corrected chi connectivity index (χ4v) is 3.91. The molecule has 0 spiro atoms. The molecule has 3 aromatic carbocycles. The summed E-state index contributed by atoms with van der Waals surface area (Å²) in [6.07, 6.45) is 1.73. The lowest BCUT2D eigenvalue weighted by atomic mass is 9.89. The molecule has 0 saturated carbocycles. The van der Waals surface area contributed by atoms with E-state index in [2.05, 4.69) is 10.3 Å². The number of rotatable bonds is 3. The average Bonchev–Trinajstić information content (AvgIpc) is 2.80. The van der Waals surface area contributed by atoms with E-state index in [1.165, 1.54) is 0 Å². The Hall–Kier alpha value is -3.99. The van der Waals surface area contributed by atoms with E-state index < -0.39 is 5.92 Å². The number of pyridine rings is 1. The lowest BCUT2D eigenvalue weighted by Gasteiger charge is -2.34. The van der Waals surface area contributed by atoms with Crippen LogP contribution in [0.3, 0.4) is 0 Å². The van der Waals surface area contributed by atoms with Crippen LogP contribution >= 0.6 is 0 Å². The SMILES string of the molecule is O=C(Nc1ccc2ncccc2c1)C1CN(c2ccccc2)c2ccccc2C1=O. The predicted molar refractivity (Wildman–Crippen MR) is 118 cm³/mol. The molecular weight excluding hydrogens is 374 g/mol. The summed E-state index contributed by atoms with van der Waals surface area (Å²) < 4.78 is 0. The van der Waals surface area contributed by atoms with E-state index in [1.54, 1.807) is 12.3 Å². The number of hydrogen-bond acceptors (Lipinski definition) is 4. The van der Waals surface area contributed by atoms with Crippen LogP contribution in [0.25, 0.3) is 10.9 Å². The molecule has 146 valence electrons. The molecule has 5 nitrogen and oxygen atoms in total. The number of nitrogens with one attached hydrogen (secondary N) is 1. The first kappa shape index (κ1) is 18.1. The average molecular weight is 393 g/mol. The maximum Gasteiger partial charge on any atom is 0.237 e. The zero-order valence-electron chi connectivity index (χ0n) is 16.2. The third-order valence-electron chi connectivity index (χ3n) is 5.40. The van der Waals surface area contributed by atoms with Crippen LogP contribution in [0.2, 0.25) is 0 Å². The largest absolute Gasteiger partial charge is 0.340 e. The first-order valence-electron chi connectivity index (χ1n) is 9.82. The summed E-state index contributed by atoms with van der Waals surface area (Å²) in [7, 11) is 0. The quantitative estimate of drug-likeness (QED) is 0.507. The van der Waals surface area contributed by atoms with E-state index in [-0.39, 0.29) is 11.7 Å². The third kappa shape index (κ3) is 3.20. The van der Waals surface area contributed by atoms with Crippen LogP contribution in [0.15, 0.2) is 91.1 Å². The highest BCUT2D eigenvalue weighted by molar-refractivity contribution is 6.18. The number of carbonyl (C=O) groups is 2. The molecule has 1 aliphatic rings. The number of anilines is 3. The minimum atomic E-state index is -0.801. The summed E-state index contributed by atoms with van der Waals surface area (Å²) in [6.45, 7) is 0.292. The molecule has 5 rings (SSSR count). The molecule has 1 aliphatic heterocycles. The van der Waals surface area contributed by atoms with E-state index in [9.17, 15) is 9.59 Å². The van der Waals surface area contributed by atoms with Gasteiger partial charge in [-0.2, -0.15) is 0 Å². The predicted octanol–water partition coefficient (Wildman–Crippen LogP) is 4.82. The van der Waals surface area contributed by atoms with Crippen LogP contribution < -0.4 is 10.2 Å². The lowest BCUT2D eigenvalue weighted by molar-refractivity contribution is -0.118. The molecule has 1 unspecified atom stereocenters. The van der Waals surface area contributed by atoms with Crippen molar-refractivity contribution in [1.29, 1.82) is 0 Å². The van der Waals surface area contributed by atoms with Gasteiger partial charge in [0, 0.05) is 35.1 Å². The van der Waals surface area contributed by atoms with Crippen LogP contribution in [0.1, 0.15) is 10.4 Å². The number of hydrogen-bond donors (Lipinski definition) is 1. The Morgan fingerprint density at radius 1 is 0.933 bits per heavy atom. The Morgan fingerprint density at radius 3 is 2.60 bits per heavy atom. The van der Waals surface area contributed by atoms with Crippen molar-refractivity contribution in [3.8, 4) is 0 Å². The van der Waals surface area contributed by atoms with Gasteiger partial charge >= 0.3 is 0 Å². The Labute approximate surface area is 174 Å². The van der Waals surface area contributed by atoms with Crippen LogP contribution in [0.4, 0.5) is 17.1 Å². The van der Waals surface area contributed by atoms with Gasteiger partial charge in [-0.05, 0) is 48.5 Å². The van der Waals surface area contributed by atoms with Gasteiger partial charge in [-0.25, -0.2) is 0 Å². The molecule has 0 aliphatic carbocycles. The van der Waals surface area contributed by atoms with Crippen molar-refractivity contribution in [1.82, 2.24) is 4.98 Å². The maximum atomic E-state index is 13.1. The standard InChI is InChI=1S/C25H19N3O2/c29-24-20-10-4-5-11-23(20)28(19-8-2-1-3-9-19)16-21(24)25(30)27-18-12-13-22-17(15-18)7-6-14-26-22/h1-15,21H,16H2,(H,27,30). The second kappa shape index (κ2) is 7.44. The maximum absolute atomic E-state index is 13.1. The number of ketones is 1. The van der Waals surface area contributed by atoms with Gasteiger partial charge in [0.05, 0.1) is 11.2 Å². The minimum Gasteiger partial charge on any atom is -0.340 e. The number of fused-ring (bicyclic) bond motifs is 2. The first-order valence-corrected chi connectivity index (χ1v) is 9.82. The second-order valence-corrected chi connectivity index (χ2v) is 7.28. The van der Waals surface area contributed by atoms with Gasteiger partial charge in [-0.15, -0.1) is 0 Å². The smallest absolute Gasteiger partial charge is 0.237 e. The molecule has 1 atom stereocenters. The molecule has 0 radical (unpaired) electrons. The van der Waals surface area contributed by atoms with Gasteiger partial charge in [0.1, 0.15) is 5.92 Å². The van der Waals surface area contributed by atoms with Gasteiger partial charge in [0.15, 0.2) is 5.78 Å². The summed E-state index contributed by atoms with van der Waals surface area (Å²) >= 11 is 0. The summed E-state index contributed by atoms with van der Waals surface area (Å²) in [6, 6.07) is 26.6. The van der Waals surface area contributed by atoms with E-state index in [4.69, 9.17) is 0 Å². The van der Waals surface area contributed by atoms with E-state index in [0.717, 1.165) is 22.3 Å². The van der Waals surface area contributed by atoms with Crippen molar-refractivity contribution >= 4 is 39.7 Å². The van der Waals surface area contributed by atoms with Gasteiger partial charge in [0.2, 0.25) is 5.91 Å². The fourth-order valence-electron chi connectivity index (χ4n) is 3.91. The fraction of sp³-hybridized carbons (Fsp3) is 0.0800. The molecule has 2 heterocycles. The molecule has 5 heteroatoms. The Balaban J connectivity index is 1.47. The first-order chi connectivity index (χ1) is 14.7. The van der Waals surface area contributed by atoms with Crippen LogP contribution in [-0.2, 0) is 4.79 Å². The van der Waals surface area contributed by atoms with Crippen molar-refractivity contribution < 1.29 is 9.59 Å². The zero-order chi connectivity index (χ0) is 20.5. The summed E-state index contributed by atoms with van der Waals surface area (Å²) in [5.74, 6) is -1.26. The lowest BCUT2D eigenvalue weighted by Crippen LogP contribution is -2.42. The molecule has 1 aromatic heterocycles. The van der Waals surface area contributed by atoms with E-state index in [0.29, 0.717) is 17.8 Å². The molecule has 0 bridgehead atoms. The van der Waals surface area contributed by atoms with E-state index in [1.807, 2.05) is 83.8 Å². The molecule has 0 fully saturated rings. The number of nitrogens with zero attached hydrogens (tertiary/aromatic N) is 2. The molecular formula is C25H19N3O2. The van der Waals surface area contributed by atoms with Crippen molar-refractivity contribution in [2.45, 2.75) is 0 Å². The molecule has 1 amide bonds. The second-order valence-electron chi connectivity index (χ2n) is 7.28. The Kier molecular flexibility index (Phi) is 4.48. The topological polar surface area (TPSA) is 62.3 Å². The van der Waals surface area contributed by atoms with Crippen LogP contribution in [-0.4, -0.2) is 23.2 Å². The summed E-state index contributed by atoms with van der Waals surface area (Å²) in [5.41, 5.74) is 3.85. The molecule has 1 N–H and O–H groups in total. The monoisotopic (exact) mass is 393 g/mol. The zero-order valence-corrected chi connectivity index (χ0v) is 16.2. The Bertz CT molecular complexity index is 1250. The highest BCUT2D eigenvalue weighted by Gasteiger charge is 2.37. The molecule has 0 saturated heterocycles. The minimum absolute atomic E-state index is 0.155. The normalized spacial score (nSPS) is 15.7. The molecule has 30 heavy (non-hydrogen) atoms. The highest BCUT2D eigenvalue weighted by Crippen LogP contribution is 2.35. The highest BCUT2D eigenvalue weighted by atomic mass is 16.2. The number of Topliss-reactive ketones (excluding diaryl/α,β-unsaturated/α-hetero) is 1. The Morgan fingerprint density at radius 2 is 1.73 bits per heavy atom. The van der Waals surface area contributed by atoms with Crippen molar-refractivity contribution in [2.24, 2.45) is 5.92 Å². The summed E-state index contributed by atoms with van der Waals surface area (Å²) in [5, 5.41) is 3.85. The van der Waals surface area contributed by atoms with Crippen molar-refractivity contribution in [3.05, 3.63) is 96.7 Å². The van der Waals surface area contributed by atoms with Gasteiger partial charge < -0.3 is 10.2 Å². The van der Waals surface area contributed by atoms with Crippen molar-refractivity contribution in [2.75, 3.05) is 16.8 Å². The number of para-hydroxylation sites is 2. The van der Waals surface area contributed by atoms with Crippen LogP contribution in [0.5, 0.6) is 0 Å². The third-order valence-corrected chi connectivity index (χ3v) is 5.40. The number of amides is 1. The van der Waals surface area contributed by atoms with Gasteiger partial charge in [-0.3, -0.25) is 14.6 Å². The molecule has 4 aromatic rings. The van der Waals surface area contributed by atoms with Crippen LogP contribution in [0, 0.1) is 5.92 Å². The van der Waals surface area contributed by atoms with Gasteiger partial charge in [0.25, 0.3) is 0 Å². The number of carbonyl (C=O) groups excluding carboxylic acids is 2. The van der Waals surface area contributed by atoms with Gasteiger partial charge in [-0.1, -0.05) is 36.4 Å². The van der Waals surface area contributed by atoms with Crippen molar-refractivity contribution in [3.63, 3.8) is 0 Å². The number of aromatic nitrogens is 1. The number of benzene rings is 3. The van der Waals surface area contributed by atoms with E-state index >= 15 is 0 Å². The summed E-state index contributed by atoms with van der Waals surface area (Å²) in [4.78, 5) is 32.6.